The molecular weight excluding hydrogens is 466 g/mol. The molecule has 2 N–H and O–H groups in total. The van der Waals surface area contributed by atoms with Gasteiger partial charge in [0, 0.05) is 35.5 Å². The SMILES string of the molecule is COC1=CC(OC)=C(Cl)C(=c2cc3c(n4cnnc24)=NC(Nc2ccc4c(c2)CCNC4)=NC3)C1. The minimum Gasteiger partial charge on any atom is -0.501 e. The number of allylic oxidation sites excluding steroid dienone is 3. The molecule has 2 aliphatic heterocycles. The zero-order valence-electron chi connectivity index (χ0n) is 19.4. The highest BCUT2D eigenvalue weighted by Gasteiger charge is 2.22. The molecule has 6 rings (SSSR count). The van der Waals surface area contributed by atoms with Crippen LogP contribution in [0.3, 0.4) is 0 Å². The molecule has 35 heavy (non-hydrogen) atoms. The van der Waals surface area contributed by atoms with Crippen molar-refractivity contribution >= 4 is 34.5 Å². The van der Waals surface area contributed by atoms with Crippen LogP contribution in [-0.4, -0.2) is 41.3 Å². The molecule has 1 aliphatic carbocycles. The molecule has 9 nitrogen and oxygen atoms in total. The number of hydrogen-bond acceptors (Lipinski definition) is 8. The van der Waals surface area contributed by atoms with Crippen molar-refractivity contribution in [2.24, 2.45) is 9.98 Å². The summed E-state index contributed by atoms with van der Waals surface area (Å²) in [5.74, 6) is 1.87. The second kappa shape index (κ2) is 8.83. The van der Waals surface area contributed by atoms with Crippen LogP contribution >= 0.6 is 11.6 Å². The molecule has 178 valence electrons. The van der Waals surface area contributed by atoms with Gasteiger partial charge in [-0.1, -0.05) is 17.7 Å². The maximum atomic E-state index is 6.72. The van der Waals surface area contributed by atoms with E-state index in [4.69, 9.17) is 31.1 Å². The van der Waals surface area contributed by atoms with Gasteiger partial charge in [-0.05, 0) is 47.9 Å². The molecule has 0 fully saturated rings. The number of benzene rings is 1. The lowest BCUT2D eigenvalue weighted by Crippen LogP contribution is -2.31. The van der Waals surface area contributed by atoms with E-state index >= 15 is 0 Å². The van der Waals surface area contributed by atoms with Crippen molar-refractivity contribution in [2.45, 2.75) is 25.9 Å². The van der Waals surface area contributed by atoms with E-state index in [9.17, 15) is 0 Å². The van der Waals surface area contributed by atoms with Gasteiger partial charge in [0.15, 0.2) is 5.65 Å². The number of aliphatic imine (C=N–C) groups is 1. The molecular formula is C25H24ClN7O2. The van der Waals surface area contributed by atoms with E-state index in [1.54, 1.807) is 26.6 Å². The quantitative estimate of drug-likeness (QED) is 0.585. The lowest BCUT2D eigenvalue weighted by molar-refractivity contribution is 0.267. The number of anilines is 1. The van der Waals surface area contributed by atoms with Crippen molar-refractivity contribution in [2.75, 3.05) is 26.1 Å². The lowest BCUT2D eigenvalue weighted by atomic mass is 10.0. The maximum Gasteiger partial charge on any atom is 0.224 e. The Balaban J connectivity index is 1.43. The topological polar surface area (TPSA) is 97.4 Å². The summed E-state index contributed by atoms with van der Waals surface area (Å²) >= 11 is 6.72. The fourth-order valence-corrected chi connectivity index (χ4v) is 5.00. The second-order valence-corrected chi connectivity index (χ2v) is 8.95. The van der Waals surface area contributed by atoms with Gasteiger partial charge in [0.1, 0.15) is 23.3 Å². The van der Waals surface area contributed by atoms with Crippen molar-refractivity contribution in [3.8, 4) is 0 Å². The average molecular weight is 490 g/mol. The predicted octanol–water partition coefficient (Wildman–Crippen LogP) is 2.16. The van der Waals surface area contributed by atoms with E-state index < -0.39 is 0 Å². The van der Waals surface area contributed by atoms with Crippen molar-refractivity contribution in [3.63, 3.8) is 0 Å². The number of rotatable bonds is 3. The Hall–Kier alpha value is -3.69. The Morgan fingerprint density at radius 1 is 1.11 bits per heavy atom. The van der Waals surface area contributed by atoms with Crippen LogP contribution in [0.4, 0.5) is 5.69 Å². The first-order valence-corrected chi connectivity index (χ1v) is 11.8. The normalized spacial score (nSPS) is 18.8. The molecule has 1 aromatic carbocycles. The van der Waals surface area contributed by atoms with Gasteiger partial charge < -0.3 is 20.1 Å². The smallest absolute Gasteiger partial charge is 0.224 e. The summed E-state index contributed by atoms with van der Waals surface area (Å²) in [5.41, 5.74) is 6.90. The Bertz CT molecular complexity index is 1570. The molecule has 0 saturated heterocycles. The molecule has 4 heterocycles. The molecule has 0 bridgehead atoms. The minimum atomic E-state index is 0.468. The number of fused-ring (bicyclic) bond motifs is 4. The van der Waals surface area contributed by atoms with E-state index in [0.29, 0.717) is 35.4 Å². The number of ether oxygens (including phenoxy) is 2. The van der Waals surface area contributed by atoms with Crippen LogP contribution in [0.25, 0.3) is 11.2 Å². The summed E-state index contributed by atoms with van der Waals surface area (Å²) in [6.07, 6.45) is 5.01. The highest BCUT2D eigenvalue weighted by Crippen LogP contribution is 2.33. The van der Waals surface area contributed by atoms with Crippen LogP contribution in [0.2, 0.25) is 0 Å². The summed E-state index contributed by atoms with van der Waals surface area (Å²) in [4.78, 5) is 9.51. The molecule has 0 unspecified atom stereocenters. The van der Waals surface area contributed by atoms with Gasteiger partial charge in [-0.3, -0.25) is 4.40 Å². The molecule has 0 saturated carbocycles. The third kappa shape index (κ3) is 3.86. The number of nitrogens with one attached hydrogen (secondary N) is 2. The molecule has 3 aromatic rings. The number of hydrogen-bond donors (Lipinski definition) is 2. The molecule has 0 amide bonds. The Morgan fingerprint density at radius 3 is 2.89 bits per heavy atom. The molecule has 0 atom stereocenters. The highest BCUT2D eigenvalue weighted by atomic mass is 35.5. The second-order valence-electron chi connectivity index (χ2n) is 8.57. The summed E-state index contributed by atoms with van der Waals surface area (Å²) < 4.78 is 12.9. The molecule has 10 heteroatoms. The van der Waals surface area contributed by atoms with Gasteiger partial charge in [0.2, 0.25) is 5.96 Å². The maximum absolute atomic E-state index is 6.72. The third-order valence-corrected chi connectivity index (χ3v) is 6.93. The average Bonchev–Trinajstić information content (AvgIpc) is 3.39. The summed E-state index contributed by atoms with van der Waals surface area (Å²) in [6.45, 7) is 2.37. The third-order valence-electron chi connectivity index (χ3n) is 6.51. The standard InChI is InChI=1S/C25H24ClN7O2/c1-34-18-9-19(22(26)21(10-18)35-2)20-8-16-12-28-25(31-23(16)33-13-29-32-24(20)33)30-17-4-3-15-11-27-6-5-14(15)7-17/h3-4,7-8,10,13,27H,5-6,9,11-12H2,1-2H3,(H,28,30). The Morgan fingerprint density at radius 2 is 2.03 bits per heavy atom. The first kappa shape index (κ1) is 21.8. The summed E-state index contributed by atoms with van der Waals surface area (Å²) in [7, 11) is 3.22. The van der Waals surface area contributed by atoms with E-state index in [2.05, 4.69) is 39.0 Å². The fourth-order valence-electron chi connectivity index (χ4n) is 4.70. The Labute approximate surface area is 206 Å². The van der Waals surface area contributed by atoms with Crippen LogP contribution in [0.15, 0.2) is 63.2 Å². The first-order valence-electron chi connectivity index (χ1n) is 11.4. The van der Waals surface area contributed by atoms with Gasteiger partial charge in [0.05, 0.1) is 25.8 Å². The van der Waals surface area contributed by atoms with Crippen molar-refractivity contribution < 1.29 is 9.47 Å². The fraction of sp³-hybridized carbons (Fsp3) is 0.280. The van der Waals surface area contributed by atoms with E-state index in [0.717, 1.165) is 52.8 Å². The van der Waals surface area contributed by atoms with Crippen LogP contribution in [-0.2, 0) is 29.0 Å². The number of aromatic nitrogens is 3. The van der Waals surface area contributed by atoms with Crippen molar-refractivity contribution in [1.82, 2.24) is 19.9 Å². The zero-order chi connectivity index (χ0) is 23.9. The van der Waals surface area contributed by atoms with Gasteiger partial charge >= 0.3 is 0 Å². The van der Waals surface area contributed by atoms with Crippen molar-refractivity contribution in [1.29, 1.82) is 0 Å². The number of nitrogens with zero attached hydrogens (tertiary/aromatic N) is 5. The zero-order valence-corrected chi connectivity index (χ0v) is 20.2. The van der Waals surface area contributed by atoms with Crippen LogP contribution in [0.1, 0.15) is 23.1 Å². The lowest BCUT2D eigenvalue weighted by Gasteiger charge is -2.19. The number of guanidine groups is 1. The predicted molar refractivity (Wildman–Crippen MR) is 133 cm³/mol. The molecule has 2 aromatic heterocycles. The van der Waals surface area contributed by atoms with Gasteiger partial charge in [-0.25, -0.2) is 4.99 Å². The van der Waals surface area contributed by atoms with E-state index in [1.165, 1.54) is 11.1 Å². The molecule has 0 radical (unpaired) electrons. The van der Waals surface area contributed by atoms with E-state index in [-0.39, 0.29) is 0 Å². The van der Waals surface area contributed by atoms with Gasteiger partial charge in [0.25, 0.3) is 0 Å². The first-order chi connectivity index (χ1) is 17.1. The molecule has 3 aliphatic rings. The van der Waals surface area contributed by atoms with Crippen LogP contribution < -0.4 is 21.3 Å². The van der Waals surface area contributed by atoms with Gasteiger partial charge in [-0.2, -0.15) is 4.99 Å². The van der Waals surface area contributed by atoms with Crippen LogP contribution in [0.5, 0.6) is 0 Å². The highest BCUT2D eigenvalue weighted by molar-refractivity contribution is 6.36. The number of pyridine rings is 1. The van der Waals surface area contributed by atoms with Gasteiger partial charge in [-0.15, -0.1) is 10.2 Å². The largest absolute Gasteiger partial charge is 0.501 e. The van der Waals surface area contributed by atoms with E-state index in [1.807, 2.05) is 10.5 Å². The monoisotopic (exact) mass is 489 g/mol. The minimum absolute atomic E-state index is 0.468. The number of halogens is 1. The molecule has 0 spiro atoms. The Kier molecular flexibility index (Phi) is 5.50. The summed E-state index contributed by atoms with van der Waals surface area (Å²) in [6, 6.07) is 8.45. The summed E-state index contributed by atoms with van der Waals surface area (Å²) in [5, 5.41) is 16.7. The number of methoxy groups -OCH3 is 2. The van der Waals surface area contributed by atoms with Crippen molar-refractivity contribution in [3.05, 3.63) is 80.6 Å². The van der Waals surface area contributed by atoms with Crippen LogP contribution in [0, 0.1) is 0 Å².